The van der Waals surface area contributed by atoms with Gasteiger partial charge < -0.3 is 5.32 Å². The molecule has 4 nitrogen and oxygen atoms in total. The Hall–Kier alpha value is -0.580. The molecule has 2 heterocycles. The van der Waals surface area contributed by atoms with E-state index in [1.807, 2.05) is 11.7 Å². The highest BCUT2D eigenvalue weighted by molar-refractivity contribution is 6.31. The van der Waals surface area contributed by atoms with Gasteiger partial charge in [-0.2, -0.15) is 5.10 Å². The molecule has 2 rings (SSSR count). The molecule has 0 saturated carbocycles. The first-order valence-electron chi connectivity index (χ1n) is 7.57. The van der Waals surface area contributed by atoms with E-state index in [-0.39, 0.29) is 5.54 Å². The van der Waals surface area contributed by atoms with Gasteiger partial charge in [0.15, 0.2) is 0 Å². The highest BCUT2D eigenvalue weighted by Gasteiger charge is 2.34. The van der Waals surface area contributed by atoms with Crippen molar-refractivity contribution in [3.63, 3.8) is 0 Å². The predicted molar refractivity (Wildman–Crippen MR) is 84.2 cm³/mol. The van der Waals surface area contributed by atoms with Crippen LogP contribution in [0.15, 0.2) is 0 Å². The Kier molecular flexibility index (Phi) is 4.77. The van der Waals surface area contributed by atoms with Crippen LogP contribution in [0.5, 0.6) is 0 Å². The lowest BCUT2D eigenvalue weighted by atomic mass is 9.96. The summed E-state index contributed by atoms with van der Waals surface area (Å²) in [6.07, 6.45) is 2.04. The smallest absolute Gasteiger partial charge is 0.0863 e. The lowest BCUT2D eigenvalue weighted by Gasteiger charge is -2.46. The van der Waals surface area contributed by atoms with Gasteiger partial charge in [0.25, 0.3) is 0 Å². The van der Waals surface area contributed by atoms with Crippen LogP contribution in [-0.2, 0) is 20.0 Å². The van der Waals surface area contributed by atoms with Crippen LogP contribution in [0.1, 0.15) is 45.5 Å². The van der Waals surface area contributed by atoms with Crippen molar-refractivity contribution in [2.75, 3.05) is 13.1 Å². The lowest BCUT2D eigenvalue weighted by molar-refractivity contribution is 0.0555. The van der Waals surface area contributed by atoms with Gasteiger partial charge in [-0.15, -0.1) is 0 Å². The minimum atomic E-state index is 0.144. The molecule has 1 aromatic rings. The molecule has 1 N–H and O–H groups in total. The van der Waals surface area contributed by atoms with Crippen molar-refractivity contribution in [3.05, 3.63) is 16.4 Å². The zero-order valence-corrected chi connectivity index (χ0v) is 14.1. The highest BCUT2D eigenvalue weighted by atomic mass is 35.5. The normalized spacial score (nSPS) is 23.2. The molecule has 0 amide bonds. The zero-order chi connectivity index (χ0) is 14.9. The van der Waals surface area contributed by atoms with Crippen molar-refractivity contribution in [1.29, 1.82) is 0 Å². The summed E-state index contributed by atoms with van der Waals surface area (Å²) in [6.45, 7) is 11.9. The molecule has 0 bridgehead atoms. The van der Waals surface area contributed by atoms with Gasteiger partial charge in [0, 0.05) is 38.3 Å². The van der Waals surface area contributed by atoms with Gasteiger partial charge in [0.1, 0.15) is 0 Å². The summed E-state index contributed by atoms with van der Waals surface area (Å²) in [7, 11) is 1.99. The first-order chi connectivity index (χ1) is 9.39. The van der Waals surface area contributed by atoms with Crippen molar-refractivity contribution >= 4 is 11.6 Å². The minimum Gasteiger partial charge on any atom is -0.311 e. The zero-order valence-electron chi connectivity index (χ0n) is 13.3. The van der Waals surface area contributed by atoms with E-state index in [4.69, 9.17) is 11.6 Å². The van der Waals surface area contributed by atoms with Crippen molar-refractivity contribution in [3.8, 4) is 0 Å². The molecule has 0 aromatic carbocycles. The van der Waals surface area contributed by atoms with Crippen molar-refractivity contribution in [2.45, 2.75) is 58.7 Å². The van der Waals surface area contributed by atoms with Gasteiger partial charge in [-0.1, -0.05) is 25.4 Å². The van der Waals surface area contributed by atoms with Gasteiger partial charge in [-0.05, 0) is 26.7 Å². The van der Waals surface area contributed by atoms with Crippen LogP contribution in [0, 0.1) is 0 Å². The van der Waals surface area contributed by atoms with E-state index in [1.165, 1.54) is 0 Å². The van der Waals surface area contributed by atoms with E-state index in [0.717, 1.165) is 48.9 Å². The van der Waals surface area contributed by atoms with Gasteiger partial charge in [-0.25, -0.2) is 0 Å². The summed E-state index contributed by atoms with van der Waals surface area (Å²) in [5.74, 6) is 0. The molecule has 1 aliphatic rings. The standard InChI is InChI=1S/C15H27ClN4/c1-6-11-8-20(15(3,4)10-17-11)9-13-14(16)12(7-2)18-19(13)5/h11,17H,6-10H2,1-5H3. The number of piperazine rings is 1. The number of aromatic nitrogens is 2. The van der Waals surface area contributed by atoms with Crippen molar-refractivity contribution in [2.24, 2.45) is 7.05 Å². The second-order valence-electron chi connectivity index (χ2n) is 6.36. The van der Waals surface area contributed by atoms with Gasteiger partial charge >= 0.3 is 0 Å². The summed E-state index contributed by atoms with van der Waals surface area (Å²) in [5, 5.41) is 8.99. The average Bonchev–Trinajstić information content (AvgIpc) is 2.68. The molecule has 1 aromatic heterocycles. The molecule has 0 aliphatic carbocycles. The largest absolute Gasteiger partial charge is 0.311 e. The molecule has 0 spiro atoms. The predicted octanol–water partition coefficient (Wildman–Crippen LogP) is 2.60. The summed E-state index contributed by atoms with van der Waals surface area (Å²) in [6, 6.07) is 0.570. The quantitative estimate of drug-likeness (QED) is 0.927. The van der Waals surface area contributed by atoms with Crippen molar-refractivity contribution in [1.82, 2.24) is 20.0 Å². The van der Waals surface area contributed by atoms with Gasteiger partial charge in [0.05, 0.1) is 16.4 Å². The van der Waals surface area contributed by atoms with Gasteiger partial charge in [-0.3, -0.25) is 9.58 Å². The highest BCUT2D eigenvalue weighted by Crippen LogP contribution is 2.27. The Labute approximate surface area is 127 Å². The number of nitrogens with zero attached hydrogens (tertiary/aromatic N) is 3. The van der Waals surface area contributed by atoms with Crippen LogP contribution in [0.3, 0.4) is 0 Å². The second-order valence-corrected chi connectivity index (χ2v) is 6.74. The SMILES string of the molecule is CCc1nn(C)c(CN2CC(CC)NCC2(C)C)c1Cl. The number of hydrogen-bond acceptors (Lipinski definition) is 3. The molecule has 1 atom stereocenters. The Morgan fingerprint density at radius 1 is 1.40 bits per heavy atom. The van der Waals surface area contributed by atoms with E-state index in [2.05, 4.69) is 43.0 Å². The lowest BCUT2D eigenvalue weighted by Crippen LogP contribution is -2.61. The first kappa shape index (κ1) is 15.8. The molecule has 1 unspecified atom stereocenters. The molecule has 0 radical (unpaired) electrons. The van der Waals surface area contributed by atoms with Crippen LogP contribution in [0.4, 0.5) is 0 Å². The topological polar surface area (TPSA) is 33.1 Å². The monoisotopic (exact) mass is 298 g/mol. The second kappa shape index (κ2) is 6.04. The summed E-state index contributed by atoms with van der Waals surface area (Å²) in [5.41, 5.74) is 2.28. The number of hydrogen-bond donors (Lipinski definition) is 1. The summed E-state index contributed by atoms with van der Waals surface area (Å²) < 4.78 is 1.94. The minimum absolute atomic E-state index is 0.144. The molecule has 1 aliphatic heterocycles. The third-order valence-corrected chi connectivity index (χ3v) is 4.89. The maximum atomic E-state index is 6.49. The Bertz CT molecular complexity index is 467. The van der Waals surface area contributed by atoms with E-state index < -0.39 is 0 Å². The Balaban J connectivity index is 2.21. The molecule has 1 fully saturated rings. The maximum absolute atomic E-state index is 6.49. The van der Waals surface area contributed by atoms with E-state index in [1.54, 1.807) is 0 Å². The van der Waals surface area contributed by atoms with E-state index >= 15 is 0 Å². The molecule has 5 heteroatoms. The Morgan fingerprint density at radius 2 is 2.10 bits per heavy atom. The third-order valence-electron chi connectivity index (χ3n) is 4.46. The summed E-state index contributed by atoms with van der Waals surface area (Å²) >= 11 is 6.49. The van der Waals surface area contributed by atoms with E-state index in [0.29, 0.717) is 6.04 Å². The van der Waals surface area contributed by atoms with Crippen LogP contribution < -0.4 is 5.32 Å². The molecule has 114 valence electrons. The maximum Gasteiger partial charge on any atom is 0.0863 e. The molecule has 1 saturated heterocycles. The van der Waals surface area contributed by atoms with Crippen LogP contribution in [0.25, 0.3) is 0 Å². The fourth-order valence-electron chi connectivity index (χ4n) is 2.81. The number of nitrogens with one attached hydrogen (secondary N) is 1. The fraction of sp³-hybridized carbons (Fsp3) is 0.800. The third kappa shape index (κ3) is 3.02. The summed E-state index contributed by atoms with van der Waals surface area (Å²) in [4.78, 5) is 2.53. The average molecular weight is 299 g/mol. The molecular formula is C15H27ClN4. The number of rotatable bonds is 4. The molecule has 20 heavy (non-hydrogen) atoms. The number of halogens is 1. The van der Waals surface area contributed by atoms with Crippen LogP contribution in [0.2, 0.25) is 5.02 Å². The Morgan fingerprint density at radius 3 is 2.65 bits per heavy atom. The van der Waals surface area contributed by atoms with Crippen molar-refractivity contribution < 1.29 is 0 Å². The van der Waals surface area contributed by atoms with Gasteiger partial charge in [0.2, 0.25) is 0 Å². The van der Waals surface area contributed by atoms with Crippen LogP contribution >= 0.6 is 11.6 Å². The number of aryl methyl sites for hydroxylation is 2. The molecular weight excluding hydrogens is 272 g/mol. The first-order valence-corrected chi connectivity index (χ1v) is 7.95. The van der Waals surface area contributed by atoms with Crippen LogP contribution in [-0.4, -0.2) is 39.4 Å². The fourth-order valence-corrected chi connectivity index (χ4v) is 3.16. The van der Waals surface area contributed by atoms with E-state index in [9.17, 15) is 0 Å².